The molecule has 3 aromatic rings. The average molecular weight is 235 g/mol. The molecule has 0 aliphatic rings. The fourth-order valence-electron chi connectivity index (χ4n) is 2.09. The molecule has 0 aliphatic heterocycles. The number of nitrogens with zero attached hydrogens (tertiary/aromatic N) is 2. The van der Waals surface area contributed by atoms with E-state index in [1.807, 2.05) is 35.8 Å². The third-order valence-electron chi connectivity index (χ3n) is 2.88. The van der Waals surface area contributed by atoms with Crippen molar-refractivity contribution < 1.29 is 0 Å². The Morgan fingerprint density at radius 3 is 2.78 bits per heavy atom. The summed E-state index contributed by atoms with van der Waals surface area (Å²) in [5.41, 5.74) is 2.72. The van der Waals surface area contributed by atoms with Gasteiger partial charge in [0.05, 0.1) is 0 Å². The minimum atomic E-state index is -0.154. The van der Waals surface area contributed by atoms with Gasteiger partial charge in [0.1, 0.15) is 24.8 Å². The molecule has 0 saturated carbocycles. The van der Waals surface area contributed by atoms with Crippen LogP contribution in [0, 0.1) is 6.92 Å². The Morgan fingerprint density at radius 1 is 1.22 bits per heavy atom. The van der Waals surface area contributed by atoms with Gasteiger partial charge in [-0.15, -0.1) is 0 Å². The molecule has 2 aromatic heterocycles. The fourth-order valence-corrected chi connectivity index (χ4v) is 2.09. The highest BCUT2D eigenvalue weighted by Gasteiger charge is 2.10. The van der Waals surface area contributed by atoms with Crippen LogP contribution >= 0.6 is 0 Å². The van der Waals surface area contributed by atoms with E-state index in [9.17, 15) is 4.79 Å². The van der Waals surface area contributed by atoms with Crippen molar-refractivity contribution in [3.05, 3.63) is 52.6 Å². The molecular weight excluding hydrogens is 225 g/mol. The lowest BCUT2D eigenvalue weighted by molar-refractivity contribution is 0.989. The lowest BCUT2D eigenvalue weighted by atomic mass is 9.94. The Morgan fingerprint density at radius 2 is 2.00 bits per heavy atom. The molecule has 0 bridgehead atoms. The van der Waals surface area contributed by atoms with Crippen molar-refractivity contribution in [1.82, 2.24) is 14.5 Å². The van der Waals surface area contributed by atoms with E-state index < -0.39 is 0 Å². The Labute approximate surface area is 105 Å². The van der Waals surface area contributed by atoms with E-state index in [1.54, 1.807) is 6.07 Å². The second-order valence-electron chi connectivity index (χ2n) is 4.11. The number of hydrogen-bond acceptors (Lipinski definition) is 2. The second-order valence-corrected chi connectivity index (χ2v) is 4.11. The molecule has 2 radical (unpaired) electrons. The molecule has 18 heavy (non-hydrogen) atoms. The highest BCUT2D eigenvalue weighted by Crippen LogP contribution is 2.16. The molecule has 2 heterocycles. The number of nitrogens with one attached hydrogen (secondary N) is 1. The molecule has 3 rings (SSSR count). The number of aryl methyl sites for hydroxylation is 1. The van der Waals surface area contributed by atoms with Crippen molar-refractivity contribution in [3.8, 4) is 5.69 Å². The fraction of sp³-hybridized carbons (Fsp3) is 0.0769. The number of pyridine rings is 1. The molecule has 1 aromatic carbocycles. The van der Waals surface area contributed by atoms with Crippen LogP contribution in [-0.4, -0.2) is 22.4 Å². The summed E-state index contributed by atoms with van der Waals surface area (Å²) < 4.78 is 1.85. The molecule has 0 amide bonds. The van der Waals surface area contributed by atoms with Crippen LogP contribution in [0.3, 0.4) is 0 Å². The highest BCUT2D eigenvalue weighted by atomic mass is 16.1. The third-order valence-corrected chi connectivity index (χ3v) is 2.88. The number of imidazole rings is 1. The molecule has 1 N–H and O–H groups in total. The first-order chi connectivity index (χ1) is 8.66. The minimum absolute atomic E-state index is 0.154. The topological polar surface area (TPSA) is 50.7 Å². The highest BCUT2D eigenvalue weighted by molar-refractivity contribution is 6.34. The largest absolute Gasteiger partial charge is 0.306 e. The summed E-state index contributed by atoms with van der Waals surface area (Å²) in [6.07, 6.45) is 0. The van der Waals surface area contributed by atoms with Crippen LogP contribution in [0.15, 0.2) is 41.2 Å². The van der Waals surface area contributed by atoms with E-state index in [0.29, 0.717) is 11.1 Å². The molecule has 4 nitrogen and oxygen atoms in total. The van der Waals surface area contributed by atoms with Gasteiger partial charge in [-0.05, 0) is 19.1 Å². The maximum atomic E-state index is 11.4. The van der Waals surface area contributed by atoms with Crippen LogP contribution in [-0.2, 0) is 0 Å². The number of aromatic amines is 1. The molecule has 0 fully saturated rings. The maximum absolute atomic E-state index is 11.4. The predicted molar refractivity (Wildman–Crippen MR) is 71.8 cm³/mol. The number of aromatic nitrogens is 3. The van der Waals surface area contributed by atoms with Crippen LogP contribution < -0.4 is 11.0 Å². The molecule has 5 heteroatoms. The van der Waals surface area contributed by atoms with Gasteiger partial charge in [0.2, 0.25) is 5.56 Å². The van der Waals surface area contributed by atoms with Crippen LogP contribution in [0.5, 0.6) is 0 Å². The third kappa shape index (κ3) is 1.56. The summed E-state index contributed by atoms with van der Waals surface area (Å²) >= 11 is 0. The number of rotatable bonds is 1. The summed E-state index contributed by atoms with van der Waals surface area (Å²) in [6, 6.07) is 10.7. The Bertz CT molecular complexity index is 788. The van der Waals surface area contributed by atoms with E-state index in [2.05, 4.69) is 9.97 Å². The van der Waals surface area contributed by atoms with Gasteiger partial charge in [-0.3, -0.25) is 9.36 Å². The zero-order valence-corrected chi connectivity index (χ0v) is 9.84. The zero-order valence-electron chi connectivity index (χ0n) is 9.84. The van der Waals surface area contributed by atoms with Crippen molar-refractivity contribution in [2.75, 3.05) is 0 Å². The van der Waals surface area contributed by atoms with Crippen molar-refractivity contribution in [1.29, 1.82) is 0 Å². The number of hydrogen-bond donors (Lipinski definition) is 1. The lowest BCUT2D eigenvalue weighted by Crippen LogP contribution is -2.14. The molecular formula is C13H10BN3O. The SMILES string of the molecule is [B]c1ccccc1-n1c(C)nc2ccc(=O)[nH]c21. The summed E-state index contributed by atoms with van der Waals surface area (Å²) in [7, 11) is 5.97. The molecule has 0 unspecified atom stereocenters. The van der Waals surface area contributed by atoms with Gasteiger partial charge in [-0.2, -0.15) is 0 Å². The first-order valence-corrected chi connectivity index (χ1v) is 5.60. The van der Waals surface area contributed by atoms with Crippen molar-refractivity contribution in [3.63, 3.8) is 0 Å². The average Bonchev–Trinajstić information content (AvgIpc) is 2.66. The van der Waals surface area contributed by atoms with Crippen LogP contribution in [0.25, 0.3) is 16.9 Å². The number of fused-ring (bicyclic) bond motifs is 1. The normalized spacial score (nSPS) is 10.9. The van der Waals surface area contributed by atoms with E-state index in [1.165, 1.54) is 6.07 Å². The van der Waals surface area contributed by atoms with Gasteiger partial charge in [-0.1, -0.05) is 23.7 Å². The maximum Gasteiger partial charge on any atom is 0.249 e. The minimum Gasteiger partial charge on any atom is -0.306 e. The summed E-state index contributed by atoms with van der Waals surface area (Å²) in [5, 5.41) is 0. The second kappa shape index (κ2) is 3.87. The Balaban J connectivity index is 2.42. The summed E-state index contributed by atoms with van der Waals surface area (Å²) in [6.45, 7) is 1.88. The van der Waals surface area contributed by atoms with Gasteiger partial charge in [0, 0.05) is 11.8 Å². The quantitative estimate of drug-likeness (QED) is 0.634. The molecule has 0 spiro atoms. The molecule has 86 valence electrons. The standard InChI is InChI=1S/C13H10BN3O/c1-8-15-10-6-7-12(18)16-13(10)17(8)11-5-3-2-4-9(11)14/h2-7H,1H3,(H,16,18). The number of benzene rings is 1. The predicted octanol–water partition coefficient (Wildman–Crippen LogP) is 0.816. The van der Waals surface area contributed by atoms with Crippen molar-refractivity contribution >= 4 is 24.5 Å². The molecule has 0 saturated heterocycles. The lowest BCUT2D eigenvalue weighted by Gasteiger charge is -2.09. The Kier molecular flexibility index (Phi) is 2.33. The van der Waals surface area contributed by atoms with E-state index >= 15 is 0 Å². The molecule has 0 aliphatic carbocycles. The monoisotopic (exact) mass is 235 g/mol. The Hall–Kier alpha value is -2.30. The van der Waals surface area contributed by atoms with Crippen LogP contribution in [0.4, 0.5) is 0 Å². The van der Waals surface area contributed by atoms with Gasteiger partial charge in [0.25, 0.3) is 0 Å². The van der Waals surface area contributed by atoms with Crippen LogP contribution in [0.1, 0.15) is 5.82 Å². The van der Waals surface area contributed by atoms with E-state index in [4.69, 9.17) is 7.85 Å². The molecule has 0 atom stereocenters. The first-order valence-electron chi connectivity index (χ1n) is 5.60. The van der Waals surface area contributed by atoms with Crippen molar-refractivity contribution in [2.24, 2.45) is 0 Å². The van der Waals surface area contributed by atoms with Crippen molar-refractivity contribution in [2.45, 2.75) is 6.92 Å². The number of H-pyrrole nitrogens is 1. The smallest absolute Gasteiger partial charge is 0.249 e. The first kappa shape index (κ1) is 10.8. The van der Waals surface area contributed by atoms with Gasteiger partial charge in [-0.25, -0.2) is 4.98 Å². The van der Waals surface area contributed by atoms with Gasteiger partial charge in [0.15, 0.2) is 0 Å². The van der Waals surface area contributed by atoms with Gasteiger partial charge < -0.3 is 4.98 Å². The van der Waals surface area contributed by atoms with Gasteiger partial charge >= 0.3 is 0 Å². The number of para-hydroxylation sites is 1. The summed E-state index contributed by atoms with van der Waals surface area (Å²) in [4.78, 5) is 18.6. The van der Waals surface area contributed by atoms with E-state index in [-0.39, 0.29) is 5.56 Å². The zero-order chi connectivity index (χ0) is 12.7. The van der Waals surface area contributed by atoms with E-state index in [0.717, 1.165) is 17.0 Å². The summed E-state index contributed by atoms with van der Waals surface area (Å²) in [5.74, 6) is 0.782. The van der Waals surface area contributed by atoms with Crippen LogP contribution in [0.2, 0.25) is 0 Å².